The molecule has 11 rings (SSSR count). The van der Waals surface area contributed by atoms with E-state index in [0.29, 0.717) is 0 Å². The lowest BCUT2D eigenvalue weighted by atomic mass is 9.82. The maximum atomic E-state index is 2.46. The van der Waals surface area contributed by atoms with Crippen LogP contribution in [0.1, 0.15) is 49.9 Å². The van der Waals surface area contributed by atoms with E-state index in [1.54, 1.807) is 0 Å². The predicted octanol–water partition coefficient (Wildman–Crippen LogP) is 15.0. The molecule has 54 heavy (non-hydrogen) atoms. The van der Waals surface area contributed by atoms with E-state index in [9.17, 15) is 0 Å². The molecule has 0 saturated carbocycles. The standard InChI is InChI=1S/C52H39NS/c1-51(2)44-14-8-5-11-38(44)40-26-24-36(30-46(40)51)53(37-25-27-41-39-12-6-9-15-45(39)52(3,4)47(41)31-37)35-22-19-32(20-23-35)34-18-17-33-21-28-49-50(43(33)29-34)42-13-7-10-16-48(42)54-49/h5-31H,1-4H3. The summed E-state index contributed by atoms with van der Waals surface area (Å²) in [5.74, 6) is 0. The Morgan fingerprint density at radius 3 is 1.56 bits per heavy atom. The highest BCUT2D eigenvalue weighted by atomic mass is 32.1. The summed E-state index contributed by atoms with van der Waals surface area (Å²) in [5, 5.41) is 5.30. The first-order valence-corrected chi connectivity index (χ1v) is 19.8. The van der Waals surface area contributed by atoms with Gasteiger partial charge in [-0.1, -0.05) is 137 Å². The Kier molecular flexibility index (Phi) is 6.59. The van der Waals surface area contributed by atoms with Gasteiger partial charge >= 0.3 is 0 Å². The Hall–Kier alpha value is -5.96. The maximum Gasteiger partial charge on any atom is 0.0465 e. The van der Waals surface area contributed by atoms with Gasteiger partial charge in [0, 0.05) is 48.1 Å². The molecule has 0 N–H and O–H groups in total. The van der Waals surface area contributed by atoms with Crippen molar-refractivity contribution in [2.24, 2.45) is 0 Å². The van der Waals surface area contributed by atoms with E-state index in [4.69, 9.17) is 0 Å². The number of hydrogen-bond donors (Lipinski definition) is 0. The highest BCUT2D eigenvalue weighted by Gasteiger charge is 2.37. The van der Waals surface area contributed by atoms with Crippen LogP contribution < -0.4 is 4.90 Å². The Balaban J connectivity index is 1.06. The monoisotopic (exact) mass is 709 g/mol. The lowest BCUT2D eigenvalue weighted by molar-refractivity contribution is 0.660. The molecule has 0 radical (unpaired) electrons. The molecule has 0 saturated heterocycles. The van der Waals surface area contributed by atoms with Gasteiger partial charge < -0.3 is 4.90 Å². The zero-order valence-corrected chi connectivity index (χ0v) is 31.8. The van der Waals surface area contributed by atoms with Crippen LogP contribution in [0, 0.1) is 0 Å². The summed E-state index contributed by atoms with van der Waals surface area (Å²) >= 11 is 1.88. The lowest BCUT2D eigenvalue weighted by Crippen LogP contribution is -2.18. The van der Waals surface area contributed by atoms with E-state index in [-0.39, 0.29) is 10.8 Å². The van der Waals surface area contributed by atoms with Gasteiger partial charge in [0.1, 0.15) is 0 Å². The van der Waals surface area contributed by atoms with Crippen molar-refractivity contribution in [1.82, 2.24) is 0 Å². The molecule has 8 aromatic carbocycles. The second kappa shape index (κ2) is 11.3. The SMILES string of the molecule is CC1(C)c2ccccc2-c2ccc(N(c3ccc(-c4ccc5ccc6sc7ccccc7c6c5c4)cc3)c3ccc4c(c3)C(C)(C)c3ccccc3-4)cc21. The molecule has 0 atom stereocenters. The first-order valence-electron chi connectivity index (χ1n) is 19.0. The minimum atomic E-state index is -0.0890. The zero-order valence-electron chi connectivity index (χ0n) is 30.9. The van der Waals surface area contributed by atoms with Crippen molar-refractivity contribution >= 4 is 59.3 Å². The van der Waals surface area contributed by atoms with Crippen LogP contribution in [0.2, 0.25) is 0 Å². The normalized spacial score (nSPS) is 14.6. The molecule has 0 aliphatic heterocycles. The fourth-order valence-electron chi connectivity index (χ4n) is 9.64. The van der Waals surface area contributed by atoms with E-state index in [1.165, 1.54) is 98.0 Å². The Labute approximate surface area is 320 Å². The van der Waals surface area contributed by atoms with Crippen LogP contribution in [0.3, 0.4) is 0 Å². The van der Waals surface area contributed by atoms with Gasteiger partial charge in [-0.25, -0.2) is 0 Å². The van der Waals surface area contributed by atoms with Gasteiger partial charge in [0.2, 0.25) is 0 Å². The second-order valence-electron chi connectivity index (χ2n) is 16.2. The molecule has 258 valence electrons. The molecule has 1 nitrogen and oxygen atoms in total. The average Bonchev–Trinajstić information content (AvgIpc) is 3.78. The molecular weight excluding hydrogens is 671 g/mol. The summed E-state index contributed by atoms with van der Waals surface area (Å²) < 4.78 is 2.68. The minimum Gasteiger partial charge on any atom is -0.310 e. The summed E-state index contributed by atoms with van der Waals surface area (Å²) in [5.41, 5.74) is 16.7. The number of hydrogen-bond acceptors (Lipinski definition) is 2. The van der Waals surface area contributed by atoms with Crippen molar-refractivity contribution in [3.8, 4) is 33.4 Å². The van der Waals surface area contributed by atoms with Gasteiger partial charge in [0.15, 0.2) is 0 Å². The van der Waals surface area contributed by atoms with E-state index < -0.39 is 0 Å². The molecule has 1 aromatic heterocycles. The van der Waals surface area contributed by atoms with Crippen molar-refractivity contribution in [2.75, 3.05) is 4.90 Å². The topological polar surface area (TPSA) is 3.24 Å². The fraction of sp³-hybridized carbons (Fsp3) is 0.115. The van der Waals surface area contributed by atoms with Crippen LogP contribution in [0.25, 0.3) is 64.3 Å². The lowest BCUT2D eigenvalue weighted by Gasteiger charge is -2.30. The smallest absolute Gasteiger partial charge is 0.0465 e. The van der Waals surface area contributed by atoms with Crippen molar-refractivity contribution in [3.63, 3.8) is 0 Å². The summed E-state index contributed by atoms with van der Waals surface area (Å²) in [7, 11) is 0. The number of nitrogens with zero attached hydrogens (tertiary/aromatic N) is 1. The van der Waals surface area contributed by atoms with Crippen LogP contribution in [-0.4, -0.2) is 0 Å². The van der Waals surface area contributed by atoms with Crippen LogP contribution in [0.5, 0.6) is 0 Å². The highest BCUT2D eigenvalue weighted by molar-refractivity contribution is 7.26. The van der Waals surface area contributed by atoms with Gasteiger partial charge in [-0.3, -0.25) is 0 Å². The molecule has 0 fully saturated rings. The largest absolute Gasteiger partial charge is 0.310 e. The first-order chi connectivity index (χ1) is 26.3. The second-order valence-corrected chi connectivity index (χ2v) is 17.2. The summed E-state index contributed by atoms with van der Waals surface area (Å²) in [6.45, 7) is 9.47. The summed E-state index contributed by atoms with van der Waals surface area (Å²) in [4.78, 5) is 2.46. The van der Waals surface area contributed by atoms with E-state index in [1.807, 2.05) is 11.3 Å². The van der Waals surface area contributed by atoms with E-state index in [2.05, 4.69) is 196 Å². The highest BCUT2D eigenvalue weighted by Crippen LogP contribution is 2.53. The third-order valence-electron chi connectivity index (χ3n) is 12.5. The van der Waals surface area contributed by atoms with Gasteiger partial charge in [-0.05, 0) is 121 Å². The third-order valence-corrected chi connectivity index (χ3v) is 13.6. The summed E-state index contributed by atoms with van der Waals surface area (Å²) in [6.07, 6.45) is 0. The van der Waals surface area contributed by atoms with Gasteiger partial charge in [0.05, 0.1) is 0 Å². The van der Waals surface area contributed by atoms with Crippen molar-refractivity contribution in [1.29, 1.82) is 0 Å². The number of anilines is 3. The molecule has 0 bridgehead atoms. The predicted molar refractivity (Wildman–Crippen MR) is 232 cm³/mol. The number of rotatable bonds is 4. The van der Waals surface area contributed by atoms with E-state index in [0.717, 1.165) is 5.69 Å². The zero-order chi connectivity index (χ0) is 36.3. The number of thiophene rings is 1. The summed E-state index contributed by atoms with van der Waals surface area (Å²) in [6, 6.07) is 61.5. The third kappa shape index (κ3) is 4.44. The molecule has 1 heterocycles. The quantitative estimate of drug-likeness (QED) is 0.176. The maximum absolute atomic E-state index is 2.46. The molecular formula is C52H39NS. The van der Waals surface area contributed by atoms with Gasteiger partial charge in [-0.2, -0.15) is 0 Å². The molecule has 0 spiro atoms. The average molecular weight is 710 g/mol. The van der Waals surface area contributed by atoms with Crippen LogP contribution in [0.4, 0.5) is 17.1 Å². The molecule has 2 aliphatic carbocycles. The number of benzene rings is 8. The first kappa shape index (κ1) is 31.6. The molecule has 2 aliphatic rings. The Morgan fingerprint density at radius 1 is 0.389 bits per heavy atom. The van der Waals surface area contributed by atoms with Crippen LogP contribution in [0.15, 0.2) is 164 Å². The Bertz CT molecular complexity index is 2890. The van der Waals surface area contributed by atoms with Crippen molar-refractivity contribution in [3.05, 3.63) is 186 Å². The van der Waals surface area contributed by atoms with E-state index >= 15 is 0 Å². The molecule has 2 heteroatoms. The van der Waals surface area contributed by atoms with Crippen LogP contribution in [-0.2, 0) is 10.8 Å². The van der Waals surface area contributed by atoms with Gasteiger partial charge in [-0.15, -0.1) is 11.3 Å². The van der Waals surface area contributed by atoms with Crippen LogP contribution >= 0.6 is 11.3 Å². The molecule has 0 amide bonds. The molecule has 0 unspecified atom stereocenters. The fourth-order valence-corrected chi connectivity index (χ4v) is 10.8. The minimum absolute atomic E-state index is 0.0890. The van der Waals surface area contributed by atoms with Crippen molar-refractivity contribution in [2.45, 2.75) is 38.5 Å². The Morgan fingerprint density at radius 2 is 0.907 bits per heavy atom. The number of fused-ring (bicyclic) bond motifs is 11. The molecule has 9 aromatic rings. The van der Waals surface area contributed by atoms with Gasteiger partial charge in [0.25, 0.3) is 0 Å². The van der Waals surface area contributed by atoms with Crippen molar-refractivity contribution < 1.29 is 0 Å².